The van der Waals surface area contributed by atoms with Crippen molar-refractivity contribution in [2.24, 2.45) is 0 Å². The van der Waals surface area contributed by atoms with Crippen LogP contribution in [0.4, 0.5) is 34.1 Å². The molecule has 6 heteroatoms. The fraction of sp³-hybridized carbons (Fsp3) is 0. The molecule has 0 amide bonds. The molecule has 0 fully saturated rings. The molecule has 608 valence electrons. The Kier molecular flexibility index (Phi) is 18.2. The quantitative estimate of drug-likeness (QED) is 0.102. The van der Waals surface area contributed by atoms with Crippen molar-refractivity contribution in [3.05, 3.63) is 485 Å². The third kappa shape index (κ3) is 12.9. The van der Waals surface area contributed by atoms with Crippen LogP contribution in [0.5, 0.6) is 0 Å². The number of nitrogens with zero attached hydrogens (tertiary/aromatic N) is 4. The van der Waals surface area contributed by atoms with E-state index < -0.39 is 0 Å². The molecule has 0 saturated carbocycles. The molecule has 0 aliphatic rings. The lowest BCUT2D eigenvalue weighted by Gasteiger charge is -2.29. The van der Waals surface area contributed by atoms with Crippen molar-refractivity contribution in [1.29, 1.82) is 0 Å². The zero-order valence-corrected chi connectivity index (χ0v) is 70.8. The summed E-state index contributed by atoms with van der Waals surface area (Å²) >= 11 is 0. The minimum absolute atomic E-state index is 0.874. The summed E-state index contributed by atoms with van der Waals surface area (Å²) in [7, 11) is 0. The average molecular weight is 1660 g/mol. The Morgan fingerprint density at radius 3 is 0.969 bits per heavy atom. The van der Waals surface area contributed by atoms with E-state index in [1.54, 1.807) is 0 Å². The van der Waals surface area contributed by atoms with E-state index in [0.717, 1.165) is 139 Å². The van der Waals surface area contributed by atoms with Crippen LogP contribution in [0.3, 0.4) is 0 Å². The molecule has 0 radical (unpaired) electrons. The lowest BCUT2D eigenvalue weighted by atomic mass is 9.93. The van der Waals surface area contributed by atoms with Gasteiger partial charge in [-0.3, -0.25) is 0 Å². The monoisotopic (exact) mass is 1660 g/mol. The minimum Gasteiger partial charge on any atom is -0.455 e. The first-order valence-corrected chi connectivity index (χ1v) is 44.5. The summed E-state index contributed by atoms with van der Waals surface area (Å²) < 4.78 is 18.5. The van der Waals surface area contributed by atoms with Crippen molar-refractivity contribution in [3.63, 3.8) is 0 Å². The molecule has 4 heterocycles. The molecular formula is C124H80N4O2. The second kappa shape index (κ2) is 31.4. The Hall–Kier alpha value is -17.3. The van der Waals surface area contributed by atoms with Gasteiger partial charge in [0.15, 0.2) is 0 Å². The number of fused-ring (bicyclic) bond motifs is 18. The van der Waals surface area contributed by atoms with E-state index in [0.29, 0.717) is 0 Å². The number of anilines is 6. The van der Waals surface area contributed by atoms with Gasteiger partial charge in [-0.1, -0.05) is 352 Å². The summed E-state index contributed by atoms with van der Waals surface area (Å²) in [4.78, 5) is 4.86. The molecule has 26 rings (SSSR count). The predicted molar refractivity (Wildman–Crippen MR) is 548 cm³/mol. The summed E-state index contributed by atoms with van der Waals surface area (Å²) in [5, 5.41) is 19.2. The van der Waals surface area contributed by atoms with Crippen molar-refractivity contribution in [2.45, 2.75) is 0 Å². The van der Waals surface area contributed by atoms with E-state index in [1.807, 2.05) is 12.1 Å². The van der Waals surface area contributed by atoms with Gasteiger partial charge in [0.1, 0.15) is 22.3 Å². The van der Waals surface area contributed by atoms with Gasteiger partial charge in [-0.2, -0.15) is 0 Å². The summed E-state index contributed by atoms with van der Waals surface area (Å²) in [5.41, 5.74) is 30.3. The molecule has 130 heavy (non-hydrogen) atoms. The molecule has 0 N–H and O–H groups in total. The lowest BCUT2D eigenvalue weighted by molar-refractivity contribution is 0.669. The Morgan fingerprint density at radius 1 is 0.162 bits per heavy atom. The highest BCUT2D eigenvalue weighted by Crippen LogP contribution is 2.52. The van der Waals surface area contributed by atoms with Gasteiger partial charge in [-0.05, 0) is 221 Å². The summed E-state index contributed by atoms with van der Waals surface area (Å²) in [6, 6.07) is 176. The number of aromatic nitrogens is 2. The van der Waals surface area contributed by atoms with E-state index in [-0.39, 0.29) is 0 Å². The maximum atomic E-state index is 6.83. The molecule has 0 unspecified atom stereocenters. The van der Waals surface area contributed by atoms with Gasteiger partial charge in [-0.25, -0.2) is 0 Å². The van der Waals surface area contributed by atoms with Crippen LogP contribution in [0.15, 0.2) is 494 Å². The number of para-hydroxylation sites is 8. The summed E-state index contributed by atoms with van der Waals surface area (Å²) in [5.74, 6) is 0. The Morgan fingerprint density at radius 2 is 0.492 bits per heavy atom. The minimum atomic E-state index is 0.874. The molecular weight excluding hydrogens is 1580 g/mol. The molecule has 22 aromatic carbocycles. The first-order valence-electron chi connectivity index (χ1n) is 44.5. The van der Waals surface area contributed by atoms with Crippen LogP contribution in [-0.2, 0) is 0 Å². The smallest absolute Gasteiger partial charge is 0.143 e. The van der Waals surface area contributed by atoms with E-state index >= 15 is 0 Å². The van der Waals surface area contributed by atoms with Crippen molar-refractivity contribution in [2.75, 3.05) is 9.80 Å². The summed E-state index contributed by atoms with van der Waals surface area (Å²) in [6.07, 6.45) is 0. The zero-order valence-electron chi connectivity index (χ0n) is 70.8. The highest BCUT2D eigenvalue weighted by Gasteiger charge is 2.29. The molecule has 0 saturated heterocycles. The number of benzene rings is 22. The predicted octanol–water partition coefficient (Wildman–Crippen LogP) is 34.9. The van der Waals surface area contributed by atoms with Gasteiger partial charge < -0.3 is 27.8 Å². The van der Waals surface area contributed by atoms with Crippen LogP contribution in [0.25, 0.3) is 209 Å². The van der Waals surface area contributed by atoms with Crippen LogP contribution in [0, 0.1) is 0 Å². The van der Waals surface area contributed by atoms with Gasteiger partial charge in [0, 0.05) is 99.5 Å². The van der Waals surface area contributed by atoms with E-state index in [9.17, 15) is 0 Å². The second-order valence-corrected chi connectivity index (χ2v) is 33.7. The van der Waals surface area contributed by atoms with Crippen LogP contribution in [0.2, 0.25) is 0 Å². The Labute approximate surface area is 750 Å². The number of hydrogen-bond acceptors (Lipinski definition) is 4. The molecule has 4 aromatic heterocycles. The average Bonchev–Trinajstić information content (AvgIpc) is 1.56. The highest BCUT2D eigenvalue weighted by atomic mass is 16.3. The van der Waals surface area contributed by atoms with E-state index in [1.165, 1.54) is 104 Å². The highest BCUT2D eigenvalue weighted by molar-refractivity contribution is 6.20. The van der Waals surface area contributed by atoms with Gasteiger partial charge in [0.25, 0.3) is 0 Å². The first kappa shape index (κ1) is 75.2. The number of hydrogen-bond donors (Lipinski definition) is 0. The van der Waals surface area contributed by atoms with Crippen LogP contribution in [0.1, 0.15) is 0 Å². The molecule has 0 spiro atoms. The van der Waals surface area contributed by atoms with Crippen LogP contribution >= 0.6 is 0 Å². The number of furan rings is 2. The van der Waals surface area contributed by atoms with Crippen molar-refractivity contribution < 1.29 is 8.83 Å². The van der Waals surface area contributed by atoms with Gasteiger partial charge in [-0.15, -0.1) is 0 Å². The van der Waals surface area contributed by atoms with Crippen molar-refractivity contribution in [3.8, 4) is 78.1 Å². The first-order chi connectivity index (χ1) is 64.5. The molecule has 0 bridgehead atoms. The Balaban J connectivity index is 0.000000140. The van der Waals surface area contributed by atoms with E-state index in [2.05, 4.69) is 492 Å². The van der Waals surface area contributed by atoms with E-state index in [4.69, 9.17) is 8.83 Å². The molecule has 0 aliphatic carbocycles. The molecule has 6 nitrogen and oxygen atoms in total. The molecule has 0 atom stereocenters. The SMILES string of the molecule is c1ccc(-c2ccc(N(c3ccc(-c4cc5ccccc5c5ccccc45)cc3)c3cc4c(cc3-c3cccc5c3oc3ccccc35)c3ccccc3n4-c3ccccc3)cc2)cc1.c1ccc(-c2ccc(N(c3ccc(-c4ccc5c(ccc6ccccc65)c4)cc3)c3cc4c(cc3-c3cccc5c3oc3ccccc35)c3ccccc3n4-c3ccccc3)cc2)cc1. The lowest BCUT2D eigenvalue weighted by Crippen LogP contribution is -2.11. The largest absolute Gasteiger partial charge is 0.455 e. The Bertz CT molecular complexity index is 8880. The summed E-state index contributed by atoms with van der Waals surface area (Å²) in [6.45, 7) is 0. The molecule has 26 aromatic rings. The standard InChI is InChI=1S/2C62H40N2O/c1-3-14-41(15-4-1)42-28-33-48(34-29-42)63(49-35-30-43(31-36-49)45-32-37-51-46(38-45)27-26-44-16-7-8-19-50(44)51)59-40-60-56(52-20-9-11-24-58(52)64(60)47-17-5-2-6-18-47)39-57(59)55-23-13-22-54-53-21-10-12-25-61(53)65-62(54)55;1-3-16-41(17-4-1)42-30-34-46(35-31-42)63(47-36-32-43(33-37-47)55-38-44-18-7-8-21-48(44)49-22-9-10-23-50(49)55)59-40-60-56(51-24-11-13-28-58(51)64(60)45-19-5-2-6-20-45)39-57(59)54-27-15-26-53-52-25-12-14-29-61(52)65-62(53)54/h2*1-40H. The second-order valence-electron chi connectivity index (χ2n) is 33.7. The fourth-order valence-electron chi connectivity index (χ4n) is 20.2. The molecule has 0 aliphatic heterocycles. The van der Waals surface area contributed by atoms with Crippen LogP contribution < -0.4 is 9.80 Å². The van der Waals surface area contributed by atoms with Gasteiger partial charge >= 0.3 is 0 Å². The third-order valence-corrected chi connectivity index (χ3v) is 26.4. The van der Waals surface area contributed by atoms with Gasteiger partial charge in [0.05, 0.1) is 33.4 Å². The van der Waals surface area contributed by atoms with Crippen LogP contribution in [-0.4, -0.2) is 9.13 Å². The normalized spacial score (nSPS) is 11.7. The third-order valence-electron chi connectivity index (χ3n) is 26.4. The topological polar surface area (TPSA) is 42.6 Å². The maximum absolute atomic E-state index is 6.83. The van der Waals surface area contributed by atoms with Gasteiger partial charge in [0.2, 0.25) is 0 Å². The van der Waals surface area contributed by atoms with Crippen molar-refractivity contribution in [1.82, 2.24) is 9.13 Å². The number of rotatable bonds is 14. The zero-order chi connectivity index (χ0) is 85.7. The van der Waals surface area contributed by atoms with Crippen molar-refractivity contribution >= 4 is 165 Å². The fourth-order valence-corrected chi connectivity index (χ4v) is 20.2. The maximum Gasteiger partial charge on any atom is 0.143 e.